The minimum absolute atomic E-state index is 0.0763. The minimum atomic E-state index is -3.75. The van der Waals surface area contributed by atoms with Crippen LogP contribution in [0, 0.1) is 11.7 Å². The summed E-state index contributed by atoms with van der Waals surface area (Å²) in [6, 6.07) is 3.58. The predicted octanol–water partition coefficient (Wildman–Crippen LogP) is 0.979. The SMILES string of the molecule is CC1CN(S(=O)(=O)c2cc(F)ccc2N)CC1N(C)C. The summed E-state index contributed by atoms with van der Waals surface area (Å²) < 4.78 is 39.8. The number of hydrogen-bond acceptors (Lipinski definition) is 4. The Hall–Kier alpha value is -1.18. The lowest BCUT2D eigenvalue weighted by Gasteiger charge is -2.22. The van der Waals surface area contributed by atoms with Gasteiger partial charge in [-0.3, -0.25) is 0 Å². The van der Waals surface area contributed by atoms with E-state index in [1.807, 2.05) is 25.9 Å². The van der Waals surface area contributed by atoms with Gasteiger partial charge in [0.25, 0.3) is 0 Å². The molecule has 1 aliphatic heterocycles. The molecule has 1 aromatic carbocycles. The number of nitrogen functional groups attached to an aromatic ring is 1. The number of nitrogens with two attached hydrogens (primary N) is 1. The molecule has 7 heteroatoms. The van der Waals surface area contributed by atoms with E-state index in [4.69, 9.17) is 5.73 Å². The van der Waals surface area contributed by atoms with Crippen molar-refractivity contribution in [2.45, 2.75) is 17.9 Å². The molecule has 0 amide bonds. The van der Waals surface area contributed by atoms with Crippen LogP contribution in [0.5, 0.6) is 0 Å². The highest BCUT2D eigenvalue weighted by atomic mass is 32.2. The molecular weight excluding hydrogens is 281 g/mol. The molecule has 0 bridgehead atoms. The number of benzene rings is 1. The summed E-state index contributed by atoms with van der Waals surface area (Å²) in [5.41, 5.74) is 5.77. The van der Waals surface area contributed by atoms with E-state index in [9.17, 15) is 12.8 Å². The second-order valence-corrected chi connectivity index (χ2v) is 7.42. The fraction of sp³-hybridized carbons (Fsp3) is 0.538. The Bertz CT molecular complexity index is 604. The van der Waals surface area contributed by atoms with Crippen LogP contribution in [0.15, 0.2) is 23.1 Å². The fourth-order valence-corrected chi connectivity index (χ4v) is 4.33. The van der Waals surface area contributed by atoms with Crippen LogP contribution in [0.1, 0.15) is 6.92 Å². The molecule has 0 spiro atoms. The first-order chi connectivity index (χ1) is 9.23. The number of likely N-dealkylation sites (N-methyl/N-ethyl adjacent to an activating group) is 1. The van der Waals surface area contributed by atoms with Crippen LogP contribution in [0.4, 0.5) is 10.1 Å². The van der Waals surface area contributed by atoms with Gasteiger partial charge in [0.2, 0.25) is 10.0 Å². The van der Waals surface area contributed by atoms with Crippen molar-refractivity contribution in [3.05, 3.63) is 24.0 Å². The van der Waals surface area contributed by atoms with Crippen molar-refractivity contribution in [2.75, 3.05) is 32.9 Å². The Morgan fingerprint density at radius 3 is 2.55 bits per heavy atom. The normalized spacial score (nSPS) is 24.4. The van der Waals surface area contributed by atoms with Crippen LogP contribution in [0.25, 0.3) is 0 Å². The maximum absolute atomic E-state index is 13.3. The average molecular weight is 301 g/mol. The van der Waals surface area contributed by atoms with E-state index in [1.54, 1.807) is 0 Å². The van der Waals surface area contributed by atoms with Gasteiger partial charge < -0.3 is 10.6 Å². The lowest BCUT2D eigenvalue weighted by atomic mass is 10.1. The molecule has 2 unspecified atom stereocenters. The lowest BCUT2D eigenvalue weighted by molar-refractivity contribution is 0.263. The summed E-state index contributed by atoms with van der Waals surface area (Å²) in [5.74, 6) is -0.385. The van der Waals surface area contributed by atoms with Crippen LogP contribution in [0.3, 0.4) is 0 Å². The maximum Gasteiger partial charge on any atom is 0.245 e. The van der Waals surface area contributed by atoms with E-state index in [1.165, 1.54) is 10.4 Å². The van der Waals surface area contributed by atoms with Gasteiger partial charge >= 0.3 is 0 Å². The van der Waals surface area contributed by atoms with Gasteiger partial charge in [-0.1, -0.05) is 6.92 Å². The molecule has 1 saturated heterocycles. The van der Waals surface area contributed by atoms with Crippen molar-refractivity contribution >= 4 is 15.7 Å². The van der Waals surface area contributed by atoms with Crippen molar-refractivity contribution in [1.29, 1.82) is 0 Å². The number of hydrogen-bond donors (Lipinski definition) is 1. The van der Waals surface area contributed by atoms with Gasteiger partial charge in [0.1, 0.15) is 10.7 Å². The molecule has 112 valence electrons. The van der Waals surface area contributed by atoms with Gasteiger partial charge in [-0.15, -0.1) is 0 Å². The number of nitrogens with zero attached hydrogens (tertiary/aromatic N) is 2. The largest absolute Gasteiger partial charge is 0.398 e. The monoisotopic (exact) mass is 301 g/mol. The molecule has 20 heavy (non-hydrogen) atoms. The maximum atomic E-state index is 13.3. The number of rotatable bonds is 3. The molecule has 2 atom stereocenters. The molecule has 0 radical (unpaired) electrons. The summed E-state index contributed by atoms with van der Waals surface area (Å²) in [4.78, 5) is 1.86. The lowest BCUT2D eigenvalue weighted by Crippen LogP contribution is -2.36. The highest BCUT2D eigenvalue weighted by Crippen LogP contribution is 2.29. The summed E-state index contributed by atoms with van der Waals surface area (Å²) in [5, 5.41) is 0. The Balaban J connectivity index is 2.35. The van der Waals surface area contributed by atoms with Gasteiger partial charge in [-0.2, -0.15) is 4.31 Å². The third-order valence-electron chi connectivity index (χ3n) is 3.80. The first-order valence-corrected chi connectivity index (χ1v) is 7.89. The molecular formula is C13H20FN3O2S. The van der Waals surface area contributed by atoms with E-state index in [0.29, 0.717) is 13.1 Å². The highest BCUT2D eigenvalue weighted by molar-refractivity contribution is 7.89. The van der Waals surface area contributed by atoms with Gasteiger partial charge in [-0.05, 0) is 38.2 Å². The summed E-state index contributed by atoms with van der Waals surface area (Å²) in [6.07, 6.45) is 0. The van der Waals surface area contributed by atoms with Gasteiger partial charge in [0.05, 0.1) is 5.69 Å². The van der Waals surface area contributed by atoms with Crippen LogP contribution in [0.2, 0.25) is 0 Å². The standard InChI is InChI=1S/C13H20FN3O2S/c1-9-7-17(8-12(9)16(2)3)20(18,19)13-6-10(14)4-5-11(13)15/h4-6,9,12H,7-8,15H2,1-3H3. The number of anilines is 1. The first kappa shape index (κ1) is 15.2. The predicted molar refractivity (Wildman–Crippen MR) is 76.2 cm³/mol. The average Bonchev–Trinajstić information content (AvgIpc) is 2.75. The summed E-state index contributed by atoms with van der Waals surface area (Å²) in [7, 11) is 0.0993. The molecule has 2 rings (SSSR count). The van der Waals surface area contributed by atoms with Crippen LogP contribution in [-0.2, 0) is 10.0 Å². The Morgan fingerprint density at radius 1 is 1.35 bits per heavy atom. The Kier molecular flexibility index (Phi) is 4.04. The molecule has 0 saturated carbocycles. The summed E-state index contributed by atoms with van der Waals surface area (Å²) >= 11 is 0. The van der Waals surface area contributed by atoms with E-state index in [-0.39, 0.29) is 22.5 Å². The molecule has 1 heterocycles. The molecule has 1 aromatic rings. The second-order valence-electron chi connectivity index (χ2n) is 5.51. The van der Waals surface area contributed by atoms with Crippen molar-refractivity contribution in [1.82, 2.24) is 9.21 Å². The zero-order chi connectivity index (χ0) is 15.1. The van der Waals surface area contributed by atoms with Crippen molar-refractivity contribution in [2.24, 2.45) is 5.92 Å². The quantitative estimate of drug-likeness (QED) is 0.845. The highest BCUT2D eigenvalue weighted by Gasteiger charge is 2.38. The van der Waals surface area contributed by atoms with Gasteiger partial charge in [0.15, 0.2) is 0 Å². The van der Waals surface area contributed by atoms with E-state index in [2.05, 4.69) is 0 Å². The molecule has 1 fully saturated rings. The van der Waals surface area contributed by atoms with E-state index in [0.717, 1.165) is 12.1 Å². The van der Waals surface area contributed by atoms with Crippen LogP contribution >= 0.6 is 0 Å². The Labute approximate surface area is 119 Å². The first-order valence-electron chi connectivity index (χ1n) is 6.45. The van der Waals surface area contributed by atoms with E-state index < -0.39 is 15.8 Å². The zero-order valence-electron chi connectivity index (χ0n) is 11.9. The van der Waals surface area contributed by atoms with Gasteiger partial charge in [0, 0.05) is 19.1 Å². The molecule has 2 N–H and O–H groups in total. The topological polar surface area (TPSA) is 66.6 Å². The molecule has 5 nitrogen and oxygen atoms in total. The van der Waals surface area contributed by atoms with Crippen molar-refractivity contribution in [3.8, 4) is 0 Å². The summed E-state index contributed by atoms with van der Waals surface area (Å²) in [6.45, 7) is 2.82. The second kappa shape index (κ2) is 5.31. The van der Waals surface area contributed by atoms with Gasteiger partial charge in [-0.25, -0.2) is 12.8 Å². The number of sulfonamides is 1. The third-order valence-corrected chi connectivity index (χ3v) is 5.68. The molecule has 0 aliphatic carbocycles. The molecule has 0 aromatic heterocycles. The van der Waals surface area contributed by atoms with Crippen molar-refractivity contribution in [3.63, 3.8) is 0 Å². The van der Waals surface area contributed by atoms with Crippen LogP contribution in [-0.4, -0.2) is 50.8 Å². The zero-order valence-corrected chi connectivity index (χ0v) is 12.7. The minimum Gasteiger partial charge on any atom is -0.398 e. The van der Waals surface area contributed by atoms with Crippen LogP contribution < -0.4 is 5.73 Å². The van der Waals surface area contributed by atoms with E-state index >= 15 is 0 Å². The fourth-order valence-electron chi connectivity index (χ4n) is 2.65. The molecule has 1 aliphatic rings. The number of halogens is 1. The smallest absolute Gasteiger partial charge is 0.245 e. The van der Waals surface area contributed by atoms with Crippen molar-refractivity contribution < 1.29 is 12.8 Å². The third kappa shape index (κ3) is 2.65. The Morgan fingerprint density at radius 2 is 2.00 bits per heavy atom.